The molecule has 2 aliphatic rings. The highest BCUT2D eigenvalue weighted by molar-refractivity contribution is 5.77. The molecule has 0 heterocycles. The summed E-state index contributed by atoms with van der Waals surface area (Å²) in [6.45, 7) is 0.686. The second kappa shape index (κ2) is 6.95. The van der Waals surface area contributed by atoms with Crippen LogP contribution in [0.25, 0.3) is 0 Å². The van der Waals surface area contributed by atoms with Gasteiger partial charge in [0.1, 0.15) is 0 Å². The highest BCUT2D eigenvalue weighted by Crippen LogP contribution is 2.34. The number of hydrogen-bond donors (Lipinski definition) is 3. The fraction of sp³-hybridized carbons (Fsp3) is 0.867. The lowest BCUT2D eigenvalue weighted by Crippen LogP contribution is -2.57. The molecule has 5 heteroatoms. The van der Waals surface area contributed by atoms with Gasteiger partial charge < -0.3 is 15.7 Å². The number of carbonyl (C=O) groups excluding carboxylic acids is 1. The van der Waals surface area contributed by atoms with E-state index in [0.717, 1.165) is 31.6 Å². The average Bonchev–Trinajstić information content (AvgIpc) is 2.84. The topological polar surface area (TPSA) is 78.4 Å². The summed E-state index contributed by atoms with van der Waals surface area (Å²) in [4.78, 5) is 22.6. The molecule has 0 atom stereocenters. The minimum absolute atomic E-state index is 0.0303. The minimum Gasteiger partial charge on any atom is -0.481 e. The second-order valence-electron chi connectivity index (χ2n) is 6.38. The van der Waals surface area contributed by atoms with Crippen LogP contribution in [-0.4, -0.2) is 29.2 Å². The molecule has 0 unspecified atom stereocenters. The number of carboxylic acid groups (broad SMARTS) is 1. The van der Waals surface area contributed by atoms with E-state index in [9.17, 15) is 9.59 Å². The van der Waals surface area contributed by atoms with Gasteiger partial charge in [-0.25, -0.2) is 4.79 Å². The maximum absolute atomic E-state index is 11.8. The molecule has 2 saturated carbocycles. The lowest BCUT2D eigenvalue weighted by atomic mass is 9.74. The number of urea groups is 1. The Bertz CT molecular complexity index is 347. The molecule has 5 nitrogen and oxygen atoms in total. The van der Waals surface area contributed by atoms with E-state index in [1.165, 1.54) is 32.1 Å². The Hall–Kier alpha value is -1.26. The highest BCUT2D eigenvalue weighted by Gasteiger charge is 2.40. The van der Waals surface area contributed by atoms with Crippen molar-refractivity contribution in [3.63, 3.8) is 0 Å². The van der Waals surface area contributed by atoms with Crippen molar-refractivity contribution in [3.8, 4) is 0 Å². The first-order chi connectivity index (χ1) is 9.60. The number of rotatable bonds is 7. The summed E-state index contributed by atoms with van der Waals surface area (Å²) in [6.07, 6.45) is 10.2. The molecule has 0 aromatic rings. The van der Waals surface area contributed by atoms with Crippen molar-refractivity contribution in [2.45, 2.75) is 69.7 Å². The SMILES string of the molecule is O=C(O)CC1(NC(=O)NCCCC2CCCC2)CCC1. The molecule has 0 bridgehead atoms. The quantitative estimate of drug-likeness (QED) is 0.628. The molecule has 0 aromatic heterocycles. The lowest BCUT2D eigenvalue weighted by Gasteiger charge is -2.41. The van der Waals surface area contributed by atoms with Gasteiger partial charge in [-0.3, -0.25) is 4.79 Å². The third kappa shape index (κ3) is 4.39. The van der Waals surface area contributed by atoms with Crippen LogP contribution < -0.4 is 10.6 Å². The van der Waals surface area contributed by atoms with Gasteiger partial charge in [0.05, 0.1) is 12.0 Å². The van der Waals surface area contributed by atoms with Crippen molar-refractivity contribution in [3.05, 3.63) is 0 Å². The molecule has 2 fully saturated rings. The summed E-state index contributed by atoms with van der Waals surface area (Å²) in [6, 6.07) is -0.211. The molecule has 0 aromatic carbocycles. The van der Waals surface area contributed by atoms with E-state index in [1.807, 2.05) is 0 Å². The molecule has 114 valence electrons. The Morgan fingerprint density at radius 1 is 1.15 bits per heavy atom. The first-order valence-corrected chi connectivity index (χ1v) is 7.87. The Morgan fingerprint density at radius 3 is 2.40 bits per heavy atom. The van der Waals surface area contributed by atoms with E-state index in [0.29, 0.717) is 6.54 Å². The average molecular weight is 282 g/mol. The summed E-state index contributed by atoms with van der Waals surface area (Å²) in [5, 5.41) is 14.6. The van der Waals surface area contributed by atoms with E-state index in [2.05, 4.69) is 10.6 Å². The van der Waals surface area contributed by atoms with Crippen LogP contribution in [0.1, 0.15) is 64.2 Å². The fourth-order valence-electron chi connectivity index (χ4n) is 3.42. The largest absolute Gasteiger partial charge is 0.481 e. The van der Waals surface area contributed by atoms with Crippen LogP contribution in [0.2, 0.25) is 0 Å². The van der Waals surface area contributed by atoms with Gasteiger partial charge >= 0.3 is 12.0 Å². The molecule has 2 amide bonds. The van der Waals surface area contributed by atoms with Crippen molar-refractivity contribution < 1.29 is 14.7 Å². The molecule has 3 N–H and O–H groups in total. The van der Waals surface area contributed by atoms with Gasteiger partial charge in [-0.2, -0.15) is 0 Å². The summed E-state index contributed by atoms with van der Waals surface area (Å²) < 4.78 is 0. The van der Waals surface area contributed by atoms with Gasteiger partial charge in [-0.15, -0.1) is 0 Å². The molecule has 20 heavy (non-hydrogen) atoms. The zero-order valence-electron chi connectivity index (χ0n) is 12.1. The molecular weight excluding hydrogens is 256 g/mol. The van der Waals surface area contributed by atoms with Crippen LogP contribution in [0.3, 0.4) is 0 Å². The standard InChI is InChI=1S/C15H26N2O3/c18-13(19)11-15(8-4-9-15)17-14(20)16-10-3-7-12-5-1-2-6-12/h12H,1-11H2,(H,18,19)(H2,16,17,20). The number of nitrogens with one attached hydrogen (secondary N) is 2. The monoisotopic (exact) mass is 282 g/mol. The minimum atomic E-state index is -0.841. The molecule has 0 radical (unpaired) electrons. The molecule has 2 rings (SSSR count). The molecule has 2 aliphatic carbocycles. The summed E-state index contributed by atoms with van der Waals surface area (Å²) >= 11 is 0. The van der Waals surface area contributed by atoms with Crippen molar-refractivity contribution in [2.75, 3.05) is 6.54 Å². The summed E-state index contributed by atoms with van der Waals surface area (Å²) in [5.41, 5.74) is -0.499. The molecule has 0 spiro atoms. The smallest absolute Gasteiger partial charge is 0.315 e. The van der Waals surface area contributed by atoms with Crippen LogP contribution in [0.5, 0.6) is 0 Å². The van der Waals surface area contributed by atoms with Gasteiger partial charge in [0.25, 0.3) is 0 Å². The number of hydrogen-bond acceptors (Lipinski definition) is 2. The number of amides is 2. The van der Waals surface area contributed by atoms with Gasteiger partial charge in [-0.1, -0.05) is 25.7 Å². The Balaban J connectivity index is 1.60. The Labute approximate surface area is 120 Å². The number of carbonyl (C=O) groups is 2. The summed E-state index contributed by atoms with van der Waals surface area (Å²) in [5.74, 6) is 0.0103. The van der Waals surface area contributed by atoms with Crippen molar-refractivity contribution in [1.82, 2.24) is 10.6 Å². The number of carboxylic acids is 1. The number of aliphatic carboxylic acids is 1. The van der Waals surface area contributed by atoms with E-state index in [4.69, 9.17) is 5.11 Å². The predicted octanol–water partition coefficient (Wildman–Crippen LogP) is 2.65. The zero-order valence-corrected chi connectivity index (χ0v) is 12.1. The van der Waals surface area contributed by atoms with Crippen LogP contribution >= 0.6 is 0 Å². The molecule has 0 aliphatic heterocycles. The van der Waals surface area contributed by atoms with Gasteiger partial charge in [0, 0.05) is 6.54 Å². The van der Waals surface area contributed by atoms with Crippen molar-refractivity contribution >= 4 is 12.0 Å². The third-order valence-corrected chi connectivity index (χ3v) is 4.73. The van der Waals surface area contributed by atoms with Crippen LogP contribution in [0.4, 0.5) is 4.79 Å². The summed E-state index contributed by atoms with van der Waals surface area (Å²) in [7, 11) is 0. The maximum Gasteiger partial charge on any atom is 0.315 e. The fourth-order valence-corrected chi connectivity index (χ4v) is 3.42. The van der Waals surface area contributed by atoms with Gasteiger partial charge in [0.15, 0.2) is 0 Å². The van der Waals surface area contributed by atoms with Gasteiger partial charge in [0.2, 0.25) is 0 Å². The third-order valence-electron chi connectivity index (χ3n) is 4.73. The van der Waals surface area contributed by atoms with Crippen molar-refractivity contribution in [1.29, 1.82) is 0 Å². The highest BCUT2D eigenvalue weighted by atomic mass is 16.4. The maximum atomic E-state index is 11.8. The lowest BCUT2D eigenvalue weighted by molar-refractivity contribution is -0.139. The second-order valence-corrected chi connectivity index (χ2v) is 6.38. The normalized spacial score (nSPS) is 21.2. The first-order valence-electron chi connectivity index (χ1n) is 7.87. The Morgan fingerprint density at radius 2 is 1.85 bits per heavy atom. The molecular formula is C15H26N2O3. The van der Waals surface area contributed by atoms with Crippen LogP contribution in [0.15, 0.2) is 0 Å². The van der Waals surface area contributed by atoms with E-state index in [-0.39, 0.29) is 12.5 Å². The van der Waals surface area contributed by atoms with Crippen LogP contribution in [-0.2, 0) is 4.79 Å². The first kappa shape index (κ1) is 15.1. The Kier molecular flexibility index (Phi) is 5.26. The van der Waals surface area contributed by atoms with E-state index in [1.54, 1.807) is 0 Å². The van der Waals surface area contributed by atoms with Crippen molar-refractivity contribution in [2.24, 2.45) is 5.92 Å². The van der Waals surface area contributed by atoms with E-state index >= 15 is 0 Å². The van der Waals surface area contributed by atoms with Crippen LogP contribution in [0, 0.1) is 5.92 Å². The molecule has 0 saturated heterocycles. The zero-order chi connectivity index (χ0) is 14.4. The van der Waals surface area contributed by atoms with Gasteiger partial charge in [-0.05, 0) is 38.0 Å². The van der Waals surface area contributed by atoms with E-state index < -0.39 is 11.5 Å². The predicted molar refractivity (Wildman–Crippen MR) is 76.6 cm³/mol.